The van der Waals surface area contributed by atoms with Crippen molar-refractivity contribution in [2.75, 3.05) is 13.2 Å². The number of aliphatic hydroxyl groups excluding tert-OH is 1. The zero-order valence-electron chi connectivity index (χ0n) is 9.68. The van der Waals surface area contributed by atoms with Crippen molar-refractivity contribution < 1.29 is 19.4 Å². The molecule has 0 aliphatic carbocycles. The number of rotatable bonds is 6. The molecule has 1 aromatic rings. The molecule has 0 fully saturated rings. The first-order chi connectivity index (χ1) is 8.24. The number of esters is 1. The first kappa shape index (κ1) is 13.1. The Morgan fingerprint density at radius 3 is 2.76 bits per heavy atom. The standard InChI is InChI=1S/C13H15O4/c1-2-12(14)13(15)17-10-6-9-16-11-7-4-3-5-8-11/h2,4-5,7-8,14H,6,9-10H2,1H3. The average molecular weight is 235 g/mol. The summed E-state index contributed by atoms with van der Waals surface area (Å²) in [6.45, 7) is 2.23. The Hall–Kier alpha value is -1.97. The third-order valence-electron chi connectivity index (χ3n) is 1.96. The molecule has 4 heteroatoms. The van der Waals surface area contributed by atoms with E-state index >= 15 is 0 Å². The highest BCUT2D eigenvalue weighted by molar-refractivity contribution is 5.85. The van der Waals surface area contributed by atoms with Gasteiger partial charge in [-0.3, -0.25) is 0 Å². The van der Waals surface area contributed by atoms with E-state index in [1.807, 2.05) is 0 Å². The molecule has 1 aromatic carbocycles. The normalized spacial score (nSPS) is 11.0. The van der Waals surface area contributed by atoms with E-state index < -0.39 is 5.97 Å². The number of aliphatic hydroxyl groups is 1. The molecule has 0 atom stereocenters. The van der Waals surface area contributed by atoms with Gasteiger partial charge < -0.3 is 14.6 Å². The molecular weight excluding hydrogens is 220 g/mol. The second-order valence-electron chi connectivity index (χ2n) is 3.25. The fourth-order valence-corrected chi connectivity index (χ4v) is 1.07. The summed E-state index contributed by atoms with van der Waals surface area (Å²) >= 11 is 0. The van der Waals surface area contributed by atoms with Gasteiger partial charge in [-0.05, 0) is 31.2 Å². The number of allylic oxidation sites excluding steroid dienone is 1. The van der Waals surface area contributed by atoms with E-state index in [2.05, 4.69) is 6.07 Å². The van der Waals surface area contributed by atoms with Crippen molar-refractivity contribution in [1.82, 2.24) is 0 Å². The van der Waals surface area contributed by atoms with Crippen LogP contribution in [0.15, 0.2) is 36.1 Å². The summed E-state index contributed by atoms with van der Waals surface area (Å²) < 4.78 is 10.2. The second kappa shape index (κ2) is 7.33. The molecule has 0 aliphatic heterocycles. The Morgan fingerprint density at radius 1 is 1.41 bits per heavy atom. The third-order valence-corrected chi connectivity index (χ3v) is 1.96. The number of carbonyl (C=O) groups is 1. The number of hydrogen-bond donors (Lipinski definition) is 1. The van der Waals surface area contributed by atoms with E-state index in [0.29, 0.717) is 13.0 Å². The lowest BCUT2D eigenvalue weighted by molar-refractivity contribution is -0.142. The van der Waals surface area contributed by atoms with E-state index in [1.165, 1.54) is 6.08 Å². The third kappa shape index (κ3) is 5.06. The first-order valence-electron chi connectivity index (χ1n) is 5.35. The molecule has 0 amide bonds. The minimum absolute atomic E-state index is 0.218. The Morgan fingerprint density at radius 2 is 2.12 bits per heavy atom. The topological polar surface area (TPSA) is 55.8 Å². The molecule has 4 nitrogen and oxygen atoms in total. The van der Waals surface area contributed by atoms with E-state index in [9.17, 15) is 4.79 Å². The lowest BCUT2D eigenvalue weighted by atomic mass is 10.3. The molecule has 1 rings (SSSR count). The van der Waals surface area contributed by atoms with Crippen LogP contribution in [0.2, 0.25) is 0 Å². The zero-order valence-corrected chi connectivity index (χ0v) is 9.68. The highest BCUT2D eigenvalue weighted by atomic mass is 16.5. The summed E-state index contributed by atoms with van der Waals surface area (Å²) in [6, 6.07) is 10.0. The molecule has 0 aliphatic rings. The van der Waals surface area contributed by atoms with Gasteiger partial charge in [0, 0.05) is 6.42 Å². The van der Waals surface area contributed by atoms with Crippen molar-refractivity contribution in [2.45, 2.75) is 13.3 Å². The lowest BCUT2D eigenvalue weighted by Gasteiger charge is -2.06. The predicted octanol–water partition coefficient (Wildman–Crippen LogP) is 2.26. The van der Waals surface area contributed by atoms with Crippen LogP contribution in [0.25, 0.3) is 0 Å². The molecular formula is C13H15O4. The van der Waals surface area contributed by atoms with Gasteiger partial charge in [0.1, 0.15) is 5.75 Å². The van der Waals surface area contributed by atoms with Crippen LogP contribution < -0.4 is 4.74 Å². The summed E-state index contributed by atoms with van der Waals surface area (Å²) in [5, 5.41) is 9.01. The van der Waals surface area contributed by atoms with Gasteiger partial charge in [0.2, 0.25) is 0 Å². The fourth-order valence-electron chi connectivity index (χ4n) is 1.07. The molecule has 1 radical (unpaired) electrons. The molecule has 17 heavy (non-hydrogen) atoms. The molecule has 0 spiro atoms. The van der Waals surface area contributed by atoms with E-state index in [-0.39, 0.29) is 12.4 Å². The fraction of sp³-hybridized carbons (Fsp3) is 0.308. The van der Waals surface area contributed by atoms with Gasteiger partial charge in [0.15, 0.2) is 5.76 Å². The lowest BCUT2D eigenvalue weighted by Crippen LogP contribution is -2.10. The van der Waals surface area contributed by atoms with Gasteiger partial charge in [0.05, 0.1) is 13.2 Å². The Bertz CT molecular complexity index is 370. The van der Waals surface area contributed by atoms with Crippen LogP contribution in [-0.4, -0.2) is 24.3 Å². The molecule has 0 bridgehead atoms. The van der Waals surface area contributed by atoms with Crippen LogP contribution in [0.5, 0.6) is 5.75 Å². The van der Waals surface area contributed by atoms with Gasteiger partial charge in [-0.15, -0.1) is 0 Å². The van der Waals surface area contributed by atoms with Gasteiger partial charge in [-0.2, -0.15) is 0 Å². The SMILES string of the molecule is CC=C(O)C(=O)OCCCOc1cc[c]cc1. The Kier molecular flexibility index (Phi) is 5.64. The summed E-state index contributed by atoms with van der Waals surface area (Å²) in [6.07, 6.45) is 1.86. The van der Waals surface area contributed by atoms with Crippen molar-refractivity contribution >= 4 is 5.97 Å². The zero-order chi connectivity index (χ0) is 12.5. The predicted molar refractivity (Wildman–Crippen MR) is 62.7 cm³/mol. The molecule has 0 heterocycles. The maximum Gasteiger partial charge on any atom is 0.373 e. The molecule has 0 unspecified atom stereocenters. The van der Waals surface area contributed by atoms with Crippen LogP contribution in [0.4, 0.5) is 0 Å². The Labute approximate surface area is 100 Å². The quantitative estimate of drug-likeness (QED) is 0.355. The van der Waals surface area contributed by atoms with E-state index in [4.69, 9.17) is 14.6 Å². The van der Waals surface area contributed by atoms with Crippen molar-refractivity contribution in [3.63, 3.8) is 0 Å². The number of benzene rings is 1. The van der Waals surface area contributed by atoms with Crippen molar-refractivity contribution in [2.24, 2.45) is 0 Å². The maximum atomic E-state index is 11.0. The van der Waals surface area contributed by atoms with Crippen LogP contribution in [0.1, 0.15) is 13.3 Å². The second-order valence-corrected chi connectivity index (χ2v) is 3.25. The van der Waals surface area contributed by atoms with Gasteiger partial charge in [-0.25, -0.2) is 4.79 Å². The summed E-state index contributed by atoms with van der Waals surface area (Å²) in [5.41, 5.74) is 0. The number of carbonyl (C=O) groups excluding carboxylic acids is 1. The van der Waals surface area contributed by atoms with Gasteiger partial charge in [-0.1, -0.05) is 12.1 Å². The largest absolute Gasteiger partial charge is 0.502 e. The summed E-state index contributed by atoms with van der Waals surface area (Å²) in [4.78, 5) is 11.0. The molecule has 0 saturated carbocycles. The highest BCUT2D eigenvalue weighted by Crippen LogP contribution is 2.08. The Balaban J connectivity index is 2.11. The van der Waals surface area contributed by atoms with Crippen molar-refractivity contribution in [1.29, 1.82) is 0 Å². The summed E-state index contributed by atoms with van der Waals surface area (Å²) in [7, 11) is 0. The van der Waals surface area contributed by atoms with Crippen LogP contribution >= 0.6 is 0 Å². The maximum absolute atomic E-state index is 11.0. The molecule has 0 saturated heterocycles. The van der Waals surface area contributed by atoms with Crippen LogP contribution in [0, 0.1) is 6.07 Å². The van der Waals surface area contributed by atoms with Crippen LogP contribution in [0.3, 0.4) is 0 Å². The van der Waals surface area contributed by atoms with Crippen molar-refractivity contribution in [3.8, 4) is 5.75 Å². The van der Waals surface area contributed by atoms with Crippen molar-refractivity contribution in [3.05, 3.63) is 42.2 Å². The number of ether oxygens (including phenoxy) is 2. The molecule has 0 aromatic heterocycles. The molecule has 91 valence electrons. The van der Waals surface area contributed by atoms with E-state index in [1.54, 1.807) is 31.2 Å². The summed E-state index contributed by atoms with van der Waals surface area (Å²) in [5.74, 6) is -0.322. The first-order valence-corrected chi connectivity index (χ1v) is 5.35. The number of hydrogen-bond acceptors (Lipinski definition) is 4. The van der Waals surface area contributed by atoms with Gasteiger partial charge >= 0.3 is 5.97 Å². The monoisotopic (exact) mass is 235 g/mol. The average Bonchev–Trinajstić information content (AvgIpc) is 2.38. The molecule has 1 N–H and O–H groups in total. The van der Waals surface area contributed by atoms with Crippen LogP contribution in [-0.2, 0) is 9.53 Å². The minimum atomic E-state index is -0.707. The van der Waals surface area contributed by atoms with Gasteiger partial charge in [0.25, 0.3) is 0 Å². The van der Waals surface area contributed by atoms with E-state index in [0.717, 1.165) is 5.75 Å². The minimum Gasteiger partial charge on any atom is -0.502 e. The smallest absolute Gasteiger partial charge is 0.373 e. The highest BCUT2D eigenvalue weighted by Gasteiger charge is 2.06.